The normalized spacial score (nSPS) is 18.3. The highest BCUT2D eigenvalue weighted by molar-refractivity contribution is 5.31. The van der Waals surface area contributed by atoms with E-state index < -0.39 is 0 Å². The van der Waals surface area contributed by atoms with E-state index >= 15 is 0 Å². The Labute approximate surface area is 128 Å². The minimum Gasteiger partial charge on any atom is -0.347 e. The number of hydrogen-bond donors (Lipinski definition) is 1. The van der Waals surface area contributed by atoms with Crippen LogP contribution in [-0.2, 0) is 20.1 Å². The standard InChI is InChI=1S/C16H18N6/c1-21-8-13(6-20-21)14-9-22(7-12-2-4-17-5-3-12)10-15-16(14)19-11-18-15/h2-6,8,11,14H,7,9-10H2,1H3,(H,18,19). The molecule has 0 aliphatic carbocycles. The number of aromatic amines is 1. The summed E-state index contributed by atoms with van der Waals surface area (Å²) in [4.78, 5) is 14.3. The van der Waals surface area contributed by atoms with Crippen molar-refractivity contribution in [2.24, 2.45) is 7.05 Å². The van der Waals surface area contributed by atoms with Gasteiger partial charge >= 0.3 is 0 Å². The molecule has 0 fully saturated rings. The lowest BCUT2D eigenvalue weighted by atomic mass is 9.93. The van der Waals surface area contributed by atoms with Crippen LogP contribution in [0.4, 0.5) is 0 Å². The fourth-order valence-corrected chi connectivity index (χ4v) is 3.14. The fraction of sp³-hybridized carbons (Fsp3) is 0.312. The maximum absolute atomic E-state index is 4.54. The molecule has 0 spiro atoms. The fourth-order valence-electron chi connectivity index (χ4n) is 3.14. The molecule has 1 unspecified atom stereocenters. The highest BCUT2D eigenvalue weighted by Gasteiger charge is 2.29. The van der Waals surface area contributed by atoms with Crippen LogP contribution in [-0.4, -0.2) is 36.2 Å². The van der Waals surface area contributed by atoms with Crippen LogP contribution in [0.15, 0.2) is 43.2 Å². The molecule has 1 N–H and O–H groups in total. The van der Waals surface area contributed by atoms with Crippen LogP contribution >= 0.6 is 0 Å². The van der Waals surface area contributed by atoms with Gasteiger partial charge in [0.05, 0.1) is 23.9 Å². The van der Waals surface area contributed by atoms with Crippen LogP contribution in [0.1, 0.15) is 28.4 Å². The average Bonchev–Trinajstić information content (AvgIpc) is 3.16. The molecule has 3 aromatic heterocycles. The summed E-state index contributed by atoms with van der Waals surface area (Å²) in [5.41, 5.74) is 4.85. The van der Waals surface area contributed by atoms with E-state index in [4.69, 9.17) is 0 Å². The van der Waals surface area contributed by atoms with Crippen LogP contribution in [0.25, 0.3) is 0 Å². The molecule has 4 rings (SSSR count). The van der Waals surface area contributed by atoms with Crippen molar-refractivity contribution in [1.29, 1.82) is 0 Å². The minimum absolute atomic E-state index is 0.269. The Morgan fingerprint density at radius 1 is 1.32 bits per heavy atom. The van der Waals surface area contributed by atoms with Gasteiger partial charge in [0.2, 0.25) is 0 Å². The quantitative estimate of drug-likeness (QED) is 0.798. The van der Waals surface area contributed by atoms with E-state index in [0.717, 1.165) is 25.3 Å². The Morgan fingerprint density at radius 3 is 2.95 bits per heavy atom. The number of nitrogens with zero attached hydrogens (tertiary/aromatic N) is 5. The Balaban J connectivity index is 1.62. The van der Waals surface area contributed by atoms with Crippen molar-refractivity contribution in [3.05, 3.63) is 65.8 Å². The van der Waals surface area contributed by atoms with Gasteiger partial charge < -0.3 is 4.98 Å². The Morgan fingerprint density at radius 2 is 2.18 bits per heavy atom. The molecular weight excluding hydrogens is 276 g/mol. The maximum Gasteiger partial charge on any atom is 0.0925 e. The summed E-state index contributed by atoms with van der Waals surface area (Å²) in [5, 5.41) is 4.31. The molecule has 0 aromatic carbocycles. The molecule has 1 aliphatic rings. The van der Waals surface area contributed by atoms with Crippen molar-refractivity contribution < 1.29 is 0 Å². The highest BCUT2D eigenvalue weighted by atomic mass is 15.2. The second kappa shape index (κ2) is 5.38. The first kappa shape index (κ1) is 13.2. The van der Waals surface area contributed by atoms with Crippen molar-refractivity contribution >= 4 is 0 Å². The lowest BCUT2D eigenvalue weighted by Crippen LogP contribution is -2.33. The average molecular weight is 294 g/mol. The molecule has 0 radical (unpaired) electrons. The summed E-state index contributed by atoms with van der Waals surface area (Å²) in [6.07, 6.45) is 9.51. The predicted octanol–water partition coefficient (Wildman–Crippen LogP) is 1.69. The molecule has 0 amide bonds. The van der Waals surface area contributed by atoms with Crippen LogP contribution in [0, 0.1) is 0 Å². The molecule has 112 valence electrons. The summed E-state index contributed by atoms with van der Waals surface area (Å²) in [6.45, 7) is 2.76. The number of aryl methyl sites for hydroxylation is 1. The van der Waals surface area contributed by atoms with E-state index in [-0.39, 0.29) is 5.92 Å². The number of fused-ring (bicyclic) bond motifs is 1. The number of nitrogens with one attached hydrogen (secondary N) is 1. The van der Waals surface area contributed by atoms with E-state index in [0.29, 0.717) is 0 Å². The lowest BCUT2D eigenvalue weighted by Gasteiger charge is -2.31. The summed E-state index contributed by atoms with van der Waals surface area (Å²) in [5.74, 6) is 0.269. The molecule has 0 saturated heterocycles. The molecule has 4 heterocycles. The largest absolute Gasteiger partial charge is 0.347 e. The number of rotatable bonds is 3. The maximum atomic E-state index is 4.54. The molecule has 0 bridgehead atoms. The molecule has 0 saturated carbocycles. The van der Waals surface area contributed by atoms with Gasteiger partial charge in [0.25, 0.3) is 0 Å². The van der Waals surface area contributed by atoms with Crippen LogP contribution in [0.5, 0.6) is 0 Å². The zero-order chi connectivity index (χ0) is 14.9. The van der Waals surface area contributed by atoms with Crippen LogP contribution < -0.4 is 0 Å². The Kier molecular flexibility index (Phi) is 3.23. The van der Waals surface area contributed by atoms with Crippen molar-refractivity contribution in [2.45, 2.75) is 19.0 Å². The molecule has 1 aliphatic heterocycles. The zero-order valence-electron chi connectivity index (χ0n) is 12.5. The third kappa shape index (κ3) is 2.42. The number of H-pyrrole nitrogens is 1. The van der Waals surface area contributed by atoms with Gasteiger partial charge in [0, 0.05) is 56.8 Å². The number of pyridine rings is 1. The highest BCUT2D eigenvalue weighted by Crippen LogP contribution is 2.31. The molecule has 22 heavy (non-hydrogen) atoms. The Bertz CT molecular complexity index is 760. The van der Waals surface area contributed by atoms with E-state index in [9.17, 15) is 0 Å². The van der Waals surface area contributed by atoms with Crippen LogP contribution in [0.3, 0.4) is 0 Å². The van der Waals surface area contributed by atoms with E-state index in [1.807, 2.05) is 30.3 Å². The van der Waals surface area contributed by atoms with E-state index in [1.165, 1.54) is 16.8 Å². The Hall–Kier alpha value is -2.47. The van der Waals surface area contributed by atoms with Gasteiger partial charge in [-0.15, -0.1) is 0 Å². The van der Waals surface area contributed by atoms with E-state index in [2.05, 4.69) is 43.3 Å². The van der Waals surface area contributed by atoms with Gasteiger partial charge in [0.15, 0.2) is 0 Å². The molecule has 1 atom stereocenters. The van der Waals surface area contributed by atoms with Gasteiger partial charge in [-0.2, -0.15) is 5.10 Å². The van der Waals surface area contributed by atoms with Crippen LogP contribution in [0.2, 0.25) is 0 Å². The number of aromatic nitrogens is 5. The first-order valence-electron chi connectivity index (χ1n) is 7.41. The van der Waals surface area contributed by atoms with Crippen molar-refractivity contribution in [1.82, 2.24) is 29.6 Å². The number of imidazole rings is 1. The molecule has 3 aromatic rings. The predicted molar refractivity (Wildman–Crippen MR) is 82.0 cm³/mol. The van der Waals surface area contributed by atoms with Gasteiger partial charge in [0.1, 0.15) is 0 Å². The monoisotopic (exact) mass is 294 g/mol. The van der Waals surface area contributed by atoms with Crippen molar-refractivity contribution in [2.75, 3.05) is 6.54 Å². The third-order valence-corrected chi connectivity index (χ3v) is 4.19. The second-order valence-electron chi connectivity index (χ2n) is 5.79. The zero-order valence-corrected chi connectivity index (χ0v) is 12.5. The molecule has 6 nitrogen and oxygen atoms in total. The van der Waals surface area contributed by atoms with Gasteiger partial charge in [-0.1, -0.05) is 0 Å². The van der Waals surface area contributed by atoms with E-state index in [1.54, 1.807) is 6.33 Å². The third-order valence-electron chi connectivity index (χ3n) is 4.19. The SMILES string of the molecule is Cn1cc(C2CN(Cc3ccncc3)Cc3[nH]cnc32)cn1. The topological polar surface area (TPSA) is 62.6 Å². The first-order chi connectivity index (χ1) is 10.8. The number of hydrogen-bond acceptors (Lipinski definition) is 4. The summed E-state index contributed by atoms with van der Waals surface area (Å²) in [6, 6.07) is 4.14. The minimum atomic E-state index is 0.269. The second-order valence-corrected chi connectivity index (χ2v) is 5.79. The van der Waals surface area contributed by atoms with Gasteiger partial charge in [-0.3, -0.25) is 14.6 Å². The van der Waals surface area contributed by atoms with Crippen molar-refractivity contribution in [3.8, 4) is 0 Å². The molecule has 6 heteroatoms. The smallest absolute Gasteiger partial charge is 0.0925 e. The summed E-state index contributed by atoms with van der Waals surface area (Å²) >= 11 is 0. The molecular formula is C16H18N6. The first-order valence-corrected chi connectivity index (χ1v) is 7.41. The van der Waals surface area contributed by atoms with Crippen molar-refractivity contribution in [3.63, 3.8) is 0 Å². The van der Waals surface area contributed by atoms with Gasteiger partial charge in [-0.25, -0.2) is 4.98 Å². The lowest BCUT2D eigenvalue weighted by molar-refractivity contribution is 0.227. The summed E-state index contributed by atoms with van der Waals surface area (Å²) in [7, 11) is 1.95. The summed E-state index contributed by atoms with van der Waals surface area (Å²) < 4.78 is 1.85. The van der Waals surface area contributed by atoms with Gasteiger partial charge in [-0.05, 0) is 17.7 Å².